The molecule has 7 nitrogen and oxygen atoms in total. The largest absolute Gasteiger partial charge is 0.494 e. The monoisotopic (exact) mass is 303 g/mol. The lowest BCUT2D eigenvalue weighted by atomic mass is 10.1. The SMILES string of the molecule is COc1cnc(C)cc1-c1nc(CC(N)=O)nn1C(C)(C)C. The van der Waals surface area contributed by atoms with Crippen molar-refractivity contribution in [2.45, 2.75) is 39.7 Å². The molecule has 0 aliphatic heterocycles. The summed E-state index contributed by atoms with van der Waals surface area (Å²) in [6.45, 7) is 7.93. The number of ether oxygens (including phenoxy) is 1. The van der Waals surface area contributed by atoms with Crippen molar-refractivity contribution in [1.82, 2.24) is 19.7 Å². The van der Waals surface area contributed by atoms with Gasteiger partial charge in [0.2, 0.25) is 5.91 Å². The van der Waals surface area contributed by atoms with Gasteiger partial charge in [0.05, 0.1) is 30.8 Å². The van der Waals surface area contributed by atoms with E-state index in [0.29, 0.717) is 17.4 Å². The fourth-order valence-electron chi connectivity index (χ4n) is 2.11. The lowest BCUT2D eigenvalue weighted by molar-refractivity contribution is -0.117. The van der Waals surface area contributed by atoms with Gasteiger partial charge in [0, 0.05) is 5.69 Å². The molecule has 0 aliphatic rings. The average molecular weight is 303 g/mol. The molecule has 2 aromatic heterocycles. The van der Waals surface area contributed by atoms with Gasteiger partial charge >= 0.3 is 0 Å². The van der Waals surface area contributed by atoms with Gasteiger partial charge in [0.1, 0.15) is 5.75 Å². The molecular formula is C15H21N5O2. The first-order valence-electron chi connectivity index (χ1n) is 6.98. The summed E-state index contributed by atoms with van der Waals surface area (Å²) in [6.07, 6.45) is 1.66. The Morgan fingerprint density at radius 1 is 1.41 bits per heavy atom. The molecule has 0 fully saturated rings. The van der Waals surface area contributed by atoms with Crippen LogP contribution in [-0.2, 0) is 16.8 Å². The Kier molecular flexibility index (Phi) is 4.16. The van der Waals surface area contributed by atoms with Crippen LogP contribution in [0.25, 0.3) is 11.4 Å². The van der Waals surface area contributed by atoms with E-state index in [-0.39, 0.29) is 12.0 Å². The minimum Gasteiger partial charge on any atom is -0.494 e. The van der Waals surface area contributed by atoms with Crippen LogP contribution >= 0.6 is 0 Å². The second-order valence-electron chi connectivity index (χ2n) is 6.10. The molecule has 118 valence electrons. The molecule has 2 rings (SSSR count). The molecule has 2 heterocycles. The molecule has 0 unspecified atom stereocenters. The van der Waals surface area contributed by atoms with Gasteiger partial charge in [0.15, 0.2) is 11.6 Å². The smallest absolute Gasteiger partial charge is 0.225 e. The van der Waals surface area contributed by atoms with Crippen LogP contribution in [0.3, 0.4) is 0 Å². The minimum absolute atomic E-state index is 0.00244. The summed E-state index contributed by atoms with van der Waals surface area (Å²) in [7, 11) is 1.58. The summed E-state index contributed by atoms with van der Waals surface area (Å²) in [5.41, 5.74) is 6.57. The van der Waals surface area contributed by atoms with E-state index < -0.39 is 5.91 Å². The molecule has 0 saturated heterocycles. The molecule has 2 N–H and O–H groups in total. The maximum Gasteiger partial charge on any atom is 0.225 e. The average Bonchev–Trinajstić information content (AvgIpc) is 2.81. The molecule has 2 aromatic rings. The van der Waals surface area contributed by atoms with Gasteiger partial charge in [-0.25, -0.2) is 9.67 Å². The van der Waals surface area contributed by atoms with Crippen LogP contribution in [0.4, 0.5) is 0 Å². The van der Waals surface area contributed by atoms with Crippen molar-refractivity contribution in [2.24, 2.45) is 5.73 Å². The highest BCUT2D eigenvalue weighted by Crippen LogP contribution is 2.31. The Bertz CT molecular complexity index is 700. The van der Waals surface area contributed by atoms with Crippen molar-refractivity contribution in [1.29, 1.82) is 0 Å². The number of aryl methyl sites for hydroxylation is 1. The standard InChI is InChI=1S/C15H21N5O2/c1-9-6-10(11(22-5)8-17-9)14-18-13(7-12(16)21)19-20(14)15(2,3)4/h6,8H,7H2,1-5H3,(H2,16,21). The summed E-state index contributed by atoms with van der Waals surface area (Å²) in [4.78, 5) is 19.9. The van der Waals surface area contributed by atoms with Gasteiger partial charge in [-0.2, -0.15) is 5.10 Å². The highest BCUT2D eigenvalue weighted by atomic mass is 16.5. The molecule has 22 heavy (non-hydrogen) atoms. The van der Waals surface area contributed by atoms with Gasteiger partial charge in [-0.1, -0.05) is 0 Å². The van der Waals surface area contributed by atoms with Crippen molar-refractivity contribution in [3.8, 4) is 17.1 Å². The van der Waals surface area contributed by atoms with Crippen molar-refractivity contribution >= 4 is 5.91 Å². The number of hydrogen-bond donors (Lipinski definition) is 1. The first-order valence-corrected chi connectivity index (χ1v) is 6.98. The molecule has 0 aromatic carbocycles. The van der Waals surface area contributed by atoms with E-state index in [4.69, 9.17) is 10.5 Å². The zero-order chi connectivity index (χ0) is 16.5. The molecule has 0 radical (unpaired) electrons. The van der Waals surface area contributed by atoms with Crippen molar-refractivity contribution in [2.75, 3.05) is 7.11 Å². The number of nitrogens with zero attached hydrogens (tertiary/aromatic N) is 4. The fourth-order valence-corrected chi connectivity index (χ4v) is 2.11. The molecule has 1 amide bonds. The quantitative estimate of drug-likeness (QED) is 0.922. The van der Waals surface area contributed by atoms with E-state index in [1.807, 2.05) is 33.8 Å². The molecule has 0 spiro atoms. The first kappa shape index (κ1) is 15.9. The van der Waals surface area contributed by atoms with Crippen LogP contribution in [0.5, 0.6) is 5.75 Å². The van der Waals surface area contributed by atoms with Crippen LogP contribution in [-0.4, -0.2) is 32.8 Å². The minimum atomic E-state index is -0.463. The number of carbonyl (C=O) groups is 1. The van der Waals surface area contributed by atoms with Crippen LogP contribution in [0.1, 0.15) is 32.3 Å². The number of carbonyl (C=O) groups excluding carboxylic acids is 1. The van der Waals surface area contributed by atoms with Gasteiger partial charge < -0.3 is 10.5 Å². The van der Waals surface area contributed by atoms with E-state index in [1.165, 1.54) is 0 Å². The highest BCUT2D eigenvalue weighted by Gasteiger charge is 2.24. The maximum absolute atomic E-state index is 11.2. The molecule has 7 heteroatoms. The number of methoxy groups -OCH3 is 1. The predicted molar refractivity (Wildman–Crippen MR) is 82.4 cm³/mol. The number of hydrogen-bond acceptors (Lipinski definition) is 5. The van der Waals surface area contributed by atoms with E-state index >= 15 is 0 Å². The number of aromatic nitrogens is 4. The fraction of sp³-hybridized carbons (Fsp3) is 0.467. The zero-order valence-corrected chi connectivity index (χ0v) is 13.5. The van der Waals surface area contributed by atoms with Gasteiger partial charge in [-0.05, 0) is 33.8 Å². The topological polar surface area (TPSA) is 95.9 Å². The predicted octanol–water partition coefficient (Wildman–Crippen LogP) is 1.44. The summed E-state index contributed by atoms with van der Waals surface area (Å²) in [6, 6.07) is 1.89. The van der Waals surface area contributed by atoms with E-state index in [9.17, 15) is 4.79 Å². The number of pyridine rings is 1. The van der Waals surface area contributed by atoms with E-state index in [1.54, 1.807) is 18.0 Å². The van der Waals surface area contributed by atoms with Crippen molar-refractivity contribution in [3.05, 3.63) is 23.8 Å². The Hall–Kier alpha value is -2.44. The van der Waals surface area contributed by atoms with Crippen LogP contribution < -0.4 is 10.5 Å². The zero-order valence-electron chi connectivity index (χ0n) is 13.5. The Balaban J connectivity index is 2.65. The third-order valence-corrected chi connectivity index (χ3v) is 3.08. The normalized spacial score (nSPS) is 11.5. The van der Waals surface area contributed by atoms with Crippen molar-refractivity contribution in [3.63, 3.8) is 0 Å². The highest BCUT2D eigenvalue weighted by molar-refractivity contribution is 5.76. The summed E-state index contributed by atoms with van der Waals surface area (Å²) < 4.78 is 7.16. The van der Waals surface area contributed by atoms with Crippen LogP contribution in [0, 0.1) is 6.92 Å². The van der Waals surface area contributed by atoms with Crippen LogP contribution in [0.2, 0.25) is 0 Å². The number of amides is 1. The molecule has 0 bridgehead atoms. The van der Waals surface area contributed by atoms with Gasteiger partial charge in [0.25, 0.3) is 0 Å². The molecule has 0 atom stereocenters. The first-order chi connectivity index (χ1) is 10.2. The summed E-state index contributed by atoms with van der Waals surface area (Å²) in [5.74, 6) is 1.17. The van der Waals surface area contributed by atoms with Crippen molar-refractivity contribution < 1.29 is 9.53 Å². The molecular weight excluding hydrogens is 282 g/mol. The Morgan fingerprint density at radius 2 is 2.09 bits per heavy atom. The number of nitrogens with two attached hydrogens (primary N) is 1. The lowest BCUT2D eigenvalue weighted by Gasteiger charge is -2.21. The van der Waals surface area contributed by atoms with Gasteiger partial charge in [-0.3, -0.25) is 9.78 Å². The maximum atomic E-state index is 11.2. The summed E-state index contributed by atoms with van der Waals surface area (Å²) in [5, 5.41) is 4.43. The summed E-state index contributed by atoms with van der Waals surface area (Å²) >= 11 is 0. The number of rotatable bonds is 4. The third-order valence-electron chi connectivity index (χ3n) is 3.08. The van der Waals surface area contributed by atoms with E-state index in [2.05, 4.69) is 15.1 Å². The Morgan fingerprint density at radius 3 is 2.64 bits per heavy atom. The van der Waals surface area contributed by atoms with Gasteiger partial charge in [-0.15, -0.1) is 0 Å². The molecule has 0 saturated carbocycles. The third kappa shape index (κ3) is 3.24. The van der Waals surface area contributed by atoms with Crippen LogP contribution in [0.15, 0.2) is 12.3 Å². The lowest BCUT2D eigenvalue weighted by Crippen LogP contribution is -2.24. The second-order valence-corrected chi connectivity index (χ2v) is 6.10. The van der Waals surface area contributed by atoms with E-state index in [0.717, 1.165) is 11.3 Å². The molecule has 0 aliphatic carbocycles. The Labute approximate surface area is 129 Å². The number of primary amides is 1. The second kappa shape index (κ2) is 5.75.